The number of rotatable bonds is 1. The van der Waals surface area contributed by atoms with Crippen molar-refractivity contribution < 1.29 is 4.39 Å². The minimum atomic E-state index is -0.535. The second-order valence-corrected chi connectivity index (χ2v) is 2.80. The average molecular weight is 190 g/mol. The molecule has 0 fully saturated rings. The van der Waals surface area contributed by atoms with Crippen molar-refractivity contribution in [3.8, 4) is 11.3 Å². The van der Waals surface area contributed by atoms with E-state index in [9.17, 15) is 9.18 Å². The monoisotopic (exact) mass is 190 g/mol. The van der Waals surface area contributed by atoms with Gasteiger partial charge in [-0.05, 0) is 18.2 Å². The van der Waals surface area contributed by atoms with E-state index in [0.717, 1.165) is 0 Å². The molecule has 14 heavy (non-hydrogen) atoms. The summed E-state index contributed by atoms with van der Waals surface area (Å²) in [7, 11) is 0. The van der Waals surface area contributed by atoms with Gasteiger partial charge in [0.25, 0.3) is 0 Å². The quantitative estimate of drug-likeness (QED) is 0.694. The predicted octanol–water partition coefficient (Wildman–Crippen LogP) is 1.58. The van der Waals surface area contributed by atoms with E-state index >= 15 is 0 Å². The fourth-order valence-electron chi connectivity index (χ4n) is 1.15. The maximum Gasteiger partial charge on any atom is 0.248 e. The standard InChI is InChI=1S/C10H7FN2O/c11-9-5-4-7(6-12-9)8-2-1-3-10(14)13-8/h1-6H,(H,13,14). The summed E-state index contributed by atoms with van der Waals surface area (Å²) in [6.45, 7) is 0. The Balaban J connectivity index is 2.50. The maximum absolute atomic E-state index is 12.5. The first-order chi connectivity index (χ1) is 6.75. The van der Waals surface area contributed by atoms with Crippen molar-refractivity contribution in [3.63, 3.8) is 0 Å². The number of halogens is 1. The first kappa shape index (κ1) is 8.62. The second kappa shape index (κ2) is 3.41. The van der Waals surface area contributed by atoms with E-state index in [0.29, 0.717) is 11.3 Å². The van der Waals surface area contributed by atoms with Crippen LogP contribution in [0.3, 0.4) is 0 Å². The summed E-state index contributed by atoms with van der Waals surface area (Å²) in [4.78, 5) is 17.1. The number of hydrogen-bond donors (Lipinski definition) is 1. The van der Waals surface area contributed by atoms with Crippen molar-refractivity contribution in [2.45, 2.75) is 0 Å². The molecule has 0 unspecified atom stereocenters. The van der Waals surface area contributed by atoms with Crippen molar-refractivity contribution in [2.75, 3.05) is 0 Å². The van der Waals surface area contributed by atoms with Crippen LogP contribution in [0.25, 0.3) is 11.3 Å². The van der Waals surface area contributed by atoms with Crippen LogP contribution in [0, 0.1) is 5.95 Å². The summed E-state index contributed by atoms with van der Waals surface area (Å²) in [6, 6.07) is 7.60. The molecule has 0 radical (unpaired) electrons. The molecule has 3 nitrogen and oxygen atoms in total. The van der Waals surface area contributed by atoms with E-state index in [4.69, 9.17) is 0 Å². The van der Waals surface area contributed by atoms with Gasteiger partial charge in [0.15, 0.2) is 0 Å². The molecule has 4 heteroatoms. The van der Waals surface area contributed by atoms with Gasteiger partial charge in [-0.15, -0.1) is 0 Å². The Labute approximate surface area is 79.3 Å². The van der Waals surface area contributed by atoms with E-state index in [2.05, 4.69) is 9.97 Å². The highest BCUT2D eigenvalue weighted by Crippen LogP contribution is 2.13. The fraction of sp³-hybridized carbons (Fsp3) is 0. The lowest BCUT2D eigenvalue weighted by Crippen LogP contribution is -2.03. The molecule has 2 rings (SSSR count). The summed E-state index contributed by atoms with van der Waals surface area (Å²) in [5, 5.41) is 0. The Kier molecular flexibility index (Phi) is 2.10. The van der Waals surface area contributed by atoms with Gasteiger partial charge in [0.05, 0.1) is 0 Å². The minimum Gasteiger partial charge on any atom is -0.322 e. The summed E-state index contributed by atoms with van der Waals surface area (Å²) < 4.78 is 12.5. The first-order valence-electron chi connectivity index (χ1n) is 4.07. The number of nitrogens with one attached hydrogen (secondary N) is 1. The molecular weight excluding hydrogens is 183 g/mol. The zero-order valence-corrected chi connectivity index (χ0v) is 7.20. The van der Waals surface area contributed by atoms with Gasteiger partial charge in [0.1, 0.15) is 0 Å². The highest BCUT2D eigenvalue weighted by atomic mass is 19.1. The van der Waals surface area contributed by atoms with Gasteiger partial charge in [-0.1, -0.05) is 6.07 Å². The zero-order valence-electron chi connectivity index (χ0n) is 7.20. The first-order valence-corrected chi connectivity index (χ1v) is 4.07. The van der Waals surface area contributed by atoms with Crippen LogP contribution in [0.1, 0.15) is 0 Å². The van der Waals surface area contributed by atoms with Crippen molar-refractivity contribution in [1.82, 2.24) is 9.97 Å². The molecule has 0 atom stereocenters. The van der Waals surface area contributed by atoms with Crippen molar-refractivity contribution in [2.24, 2.45) is 0 Å². The van der Waals surface area contributed by atoms with Crippen LogP contribution < -0.4 is 5.56 Å². The molecule has 2 aromatic heterocycles. The lowest BCUT2D eigenvalue weighted by Gasteiger charge is -1.99. The molecule has 0 aliphatic carbocycles. The smallest absolute Gasteiger partial charge is 0.248 e. The summed E-state index contributed by atoms with van der Waals surface area (Å²) in [5.41, 5.74) is 1.13. The molecule has 2 aromatic rings. The molecular formula is C10H7FN2O. The van der Waals surface area contributed by atoms with Gasteiger partial charge in [-0.2, -0.15) is 4.39 Å². The Morgan fingerprint density at radius 3 is 2.71 bits per heavy atom. The SMILES string of the molecule is O=c1cccc(-c2ccc(F)nc2)[nH]1. The van der Waals surface area contributed by atoms with Crippen LogP contribution in [0.15, 0.2) is 41.3 Å². The summed E-state index contributed by atoms with van der Waals surface area (Å²) in [5.74, 6) is -0.535. The third kappa shape index (κ3) is 1.69. The lowest BCUT2D eigenvalue weighted by molar-refractivity contribution is 0.584. The Morgan fingerprint density at radius 2 is 2.07 bits per heavy atom. The van der Waals surface area contributed by atoms with Crippen molar-refractivity contribution >= 4 is 0 Å². The van der Waals surface area contributed by atoms with Gasteiger partial charge in [-0.3, -0.25) is 4.79 Å². The number of H-pyrrole nitrogens is 1. The van der Waals surface area contributed by atoms with E-state index < -0.39 is 5.95 Å². The molecule has 2 heterocycles. The van der Waals surface area contributed by atoms with E-state index in [1.807, 2.05) is 0 Å². The molecule has 0 spiro atoms. The number of aromatic amines is 1. The van der Waals surface area contributed by atoms with E-state index in [-0.39, 0.29) is 5.56 Å². The van der Waals surface area contributed by atoms with Gasteiger partial charge in [0.2, 0.25) is 11.5 Å². The van der Waals surface area contributed by atoms with E-state index in [1.54, 1.807) is 18.2 Å². The van der Waals surface area contributed by atoms with Gasteiger partial charge in [-0.25, -0.2) is 4.98 Å². The van der Waals surface area contributed by atoms with Crippen molar-refractivity contribution in [3.05, 3.63) is 52.8 Å². The van der Waals surface area contributed by atoms with Crippen LogP contribution >= 0.6 is 0 Å². The Hall–Kier alpha value is -1.97. The molecule has 0 amide bonds. The van der Waals surface area contributed by atoms with Gasteiger partial charge >= 0.3 is 0 Å². The highest BCUT2D eigenvalue weighted by molar-refractivity contribution is 5.56. The molecule has 0 bridgehead atoms. The third-order valence-electron chi connectivity index (χ3n) is 1.81. The molecule has 0 saturated carbocycles. The Bertz CT molecular complexity index is 490. The fourth-order valence-corrected chi connectivity index (χ4v) is 1.15. The van der Waals surface area contributed by atoms with Crippen LogP contribution in [0.4, 0.5) is 4.39 Å². The normalized spacial score (nSPS) is 10.1. The molecule has 0 aromatic carbocycles. The predicted molar refractivity (Wildman–Crippen MR) is 50.3 cm³/mol. The van der Waals surface area contributed by atoms with Crippen molar-refractivity contribution in [1.29, 1.82) is 0 Å². The van der Waals surface area contributed by atoms with Gasteiger partial charge < -0.3 is 4.98 Å². The number of hydrogen-bond acceptors (Lipinski definition) is 2. The Morgan fingerprint density at radius 1 is 1.21 bits per heavy atom. The third-order valence-corrected chi connectivity index (χ3v) is 1.81. The maximum atomic E-state index is 12.5. The van der Waals surface area contributed by atoms with Crippen LogP contribution in [-0.4, -0.2) is 9.97 Å². The molecule has 1 N–H and O–H groups in total. The largest absolute Gasteiger partial charge is 0.322 e. The van der Waals surface area contributed by atoms with Crippen LogP contribution in [0.5, 0.6) is 0 Å². The molecule has 0 aliphatic heterocycles. The summed E-state index contributed by atoms with van der Waals surface area (Å²) in [6.07, 6.45) is 1.38. The van der Waals surface area contributed by atoms with E-state index in [1.165, 1.54) is 18.3 Å². The molecule has 70 valence electrons. The average Bonchev–Trinajstić information content (AvgIpc) is 2.19. The lowest BCUT2D eigenvalue weighted by atomic mass is 10.2. The number of nitrogens with zero attached hydrogens (tertiary/aromatic N) is 1. The molecule has 0 saturated heterocycles. The minimum absolute atomic E-state index is 0.188. The van der Waals surface area contributed by atoms with Gasteiger partial charge in [0, 0.05) is 23.5 Å². The van der Waals surface area contributed by atoms with Crippen LogP contribution in [0.2, 0.25) is 0 Å². The number of pyridine rings is 2. The zero-order chi connectivity index (χ0) is 9.97. The highest BCUT2D eigenvalue weighted by Gasteiger charge is 1.98. The number of aromatic nitrogens is 2. The molecule has 0 aliphatic rings. The van der Waals surface area contributed by atoms with Crippen LogP contribution in [-0.2, 0) is 0 Å². The topological polar surface area (TPSA) is 45.8 Å². The summed E-state index contributed by atoms with van der Waals surface area (Å²) >= 11 is 0. The second-order valence-electron chi connectivity index (χ2n) is 2.80.